The Hall–Kier alpha value is -2.38. The summed E-state index contributed by atoms with van der Waals surface area (Å²) in [7, 11) is 0. The van der Waals surface area contributed by atoms with Crippen molar-refractivity contribution in [2.45, 2.75) is 32.9 Å². The maximum atomic E-state index is 13.0. The van der Waals surface area contributed by atoms with Crippen LogP contribution in [0.1, 0.15) is 46.3 Å². The van der Waals surface area contributed by atoms with Gasteiger partial charge in [-0.3, -0.25) is 14.3 Å². The quantitative estimate of drug-likeness (QED) is 0.686. The van der Waals surface area contributed by atoms with Crippen LogP contribution in [0.2, 0.25) is 5.02 Å². The normalized spacial score (nSPS) is 13.9. The monoisotopic (exact) mass is 404 g/mol. The molecule has 0 fully saturated rings. The molecular formula is C20H25ClN4O3. The highest BCUT2D eigenvalue weighted by Crippen LogP contribution is 2.18. The summed E-state index contributed by atoms with van der Waals surface area (Å²) >= 11 is 5.93. The lowest BCUT2D eigenvalue weighted by Crippen LogP contribution is -2.30. The molecule has 1 aliphatic rings. The third-order valence-electron chi connectivity index (χ3n) is 4.56. The summed E-state index contributed by atoms with van der Waals surface area (Å²) in [4.78, 5) is 27.1. The zero-order valence-electron chi connectivity index (χ0n) is 16.0. The van der Waals surface area contributed by atoms with Crippen molar-refractivity contribution in [2.24, 2.45) is 0 Å². The predicted molar refractivity (Wildman–Crippen MR) is 106 cm³/mol. The predicted octanol–water partition coefficient (Wildman–Crippen LogP) is 2.74. The molecular weight excluding hydrogens is 380 g/mol. The van der Waals surface area contributed by atoms with Crippen molar-refractivity contribution in [2.75, 3.05) is 26.3 Å². The van der Waals surface area contributed by atoms with Crippen LogP contribution in [-0.2, 0) is 17.8 Å². The van der Waals surface area contributed by atoms with Crippen molar-refractivity contribution in [1.82, 2.24) is 20.0 Å². The average Bonchev–Trinajstić information content (AvgIpc) is 3.06. The number of nitrogens with zero attached hydrogens (tertiary/aromatic N) is 3. The summed E-state index contributed by atoms with van der Waals surface area (Å²) in [6.45, 7) is 5.46. The molecule has 0 saturated heterocycles. The average molecular weight is 405 g/mol. The second kappa shape index (κ2) is 9.71. The zero-order valence-corrected chi connectivity index (χ0v) is 16.7. The van der Waals surface area contributed by atoms with Gasteiger partial charge >= 0.3 is 0 Å². The van der Waals surface area contributed by atoms with Crippen LogP contribution in [0.4, 0.5) is 0 Å². The Morgan fingerprint density at radius 3 is 2.82 bits per heavy atom. The van der Waals surface area contributed by atoms with Crippen LogP contribution in [0, 0.1) is 0 Å². The number of hydrogen-bond acceptors (Lipinski definition) is 4. The van der Waals surface area contributed by atoms with Gasteiger partial charge in [0.15, 0.2) is 5.69 Å². The molecule has 0 radical (unpaired) electrons. The van der Waals surface area contributed by atoms with Gasteiger partial charge in [0.2, 0.25) is 0 Å². The van der Waals surface area contributed by atoms with Crippen molar-refractivity contribution < 1.29 is 14.3 Å². The van der Waals surface area contributed by atoms with Crippen molar-refractivity contribution in [3.63, 3.8) is 0 Å². The van der Waals surface area contributed by atoms with Gasteiger partial charge < -0.3 is 15.0 Å². The molecule has 28 heavy (non-hydrogen) atoms. The number of nitrogens with one attached hydrogen (secondary N) is 1. The van der Waals surface area contributed by atoms with Crippen LogP contribution in [0.15, 0.2) is 30.3 Å². The van der Waals surface area contributed by atoms with E-state index in [0.717, 1.165) is 18.4 Å². The molecule has 0 aliphatic carbocycles. The van der Waals surface area contributed by atoms with Crippen molar-refractivity contribution >= 4 is 23.4 Å². The Morgan fingerprint density at radius 1 is 1.29 bits per heavy atom. The van der Waals surface area contributed by atoms with Gasteiger partial charge in [0.25, 0.3) is 11.8 Å². The maximum Gasteiger partial charge on any atom is 0.272 e. The van der Waals surface area contributed by atoms with E-state index in [1.54, 1.807) is 15.6 Å². The fraction of sp³-hybridized carbons (Fsp3) is 0.450. The van der Waals surface area contributed by atoms with Crippen LogP contribution in [0.5, 0.6) is 0 Å². The molecule has 2 heterocycles. The van der Waals surface area contributed by atoms with Crippen molar-refractivity contribution in [1.29, 1.82) is 0 Å². The summed E-state index contributed by atoms with van der Waals surface area (Å²) in [6, 6.07) is 9.05. The van der Waals surface area contributed by atoms with Crippen LogP contribution < -0.4 is 5.32 Å². The molecule has 1 aromatic heterocycles. The van der Waals surface area contributed by atoms with E-state index in [-0.39, 0.29) is 17.5 Å². The topological polar surface area (TPSA) is 76.5 Å². The highest BCUT2D eigenvalue weighted by molar-refractivity contribution is 6.30. The number of fused-ring (bicyclic) bond motifs is 1. The number of ether oxygens (including phenoxy) is 1. The van der Waals surface area contributed by atoms with Crippen molar-refractivity contribution in [3.05, 3.63) is 52.3 Å². The van der Waals surface area contributed by atoms with Gasteiger partial charge in [-0.25, -0.2) is 0 Å². The minimum absolute atomic E-state index is 0.115. The highest BCUT2D eigenvalue weighted by atomic mass is 35.5. The number of rotatable bonds is 8. The molecule has 1 aliphatic heterocycles. The van der Waals surface area contributed by atoms with Crippen LogP contribution in [-0.4, -0.2) is 52.8 Å². The zero-order chi connectivity index (χ0) is 19.9. The minimum Gasteiger partial charge on any atom is -0.382 e. The molecule has 8 heteroatoms. The van der Waals surface area contributed by atoms with E-state index in [1.165, 1.54) is 0 Å². The lowest BCUT2D eigenvalue weighted by Gasteiger charge is -2.20. The first-order valence-corrected chi connectivity index (χ1v) is 9.93. The second-order valence-corrected chi connectivity index (χ2v) is 7.09. The second-order valence-electron chi connectivity index (χ2n) is 6.65. The molecule has 0 spiro atoms. The number of amides is 2. The van der Waals surface area contributed by atoms with E-state index in [2.05, 4.69) is 10.4 Å². The Morgan fingerprint density at radius 2 is 2.07 bits per heavy atom. The number of aromatic nitrogens is 2. The standard InChI is InChI=1S/C20H25ClN4O3/c1-2-28-12-3-9-22-19(26)17-13-18-20(27)24(10-4-11-25(18)23-17)14-15-5-7-16(21)8-6-15/h5-8,13H,2-4,9-12,14H2,1H3,(H,22,26). The molecule has 2 aromatic rings. The summed E-state index contributed by atoms with van der Waals surface area (Å²) < 4.78 is 6.89. The van der Waals surface area contributed by atoms with Gasteiger partial charge in [0.05, 0.1) is 0 Å². The first-order chi connectivity index (χ1) is 13.6. The lowest BCUT2D eigenvalue weighted by molar-refractivity contribution is 0.0745. The molecule has 2 amide bonds. The smallest absolute Gasteiger partial charge is 0.272 e. The van der Waals surface area contributed by atoms with E-state index < -0.39 is 0 Å². The van der Waals surface area contributed by atoms with Gasteiger partial charge in [-0.05, 0) is 37.5 Å². The number of carbonyl (C=O) groups is 2. The number of halogens is 1. The van der Waals surface area contributed by atoms with Gasteiger partial charge in [0.1, 0.15) is 5.69 Å². The van der Waals surface area contributed by atoms with E-state index >= 15 is 0 Å². The Bertz CT molecular complexity index is 819. The maximum absolute atomic E-state index is 13.0. The highest BCUT2D eigenvalue weighted by Gasteiger charge is 2.26. The van der Waals surface area contributed by atoms with Gasteiger partial charge in [-0.2, -0.15) is 5.10 Å². The van der Waals surface area contributed by atoms with Crippen molar-refractivity contribution in [3.8, 4) is 0 Å². The molecule has 150 valence electrons. The number of hydrogen-bond donors (Lipinski definition) is 1. The van der Waals surface area contributed by atoms with Crippen LogP contribution >= 0.6 is 11.6 Å². The summed E-state index contributed by atoms with van der Waals surface area (Å²) in [5, 5.41) is 7.83. The van der Waals surface area contributed by atoms with Crippen LogP contribution in [0.3, 0.4) is 0 Å². The Labute approximate surface area is 169 Å². The molecule has 7 nitrogen and oxygen atoms in total. The molecule has 3 rings (SSSR count). The molecule has 0 unspecified atom stereocenters. The summed E-state index contributed by atoms with van der Waals surface area (Å²) in [5.41, 5.74) is 1.73. The van der Waals surface area contributed by atoms with Gasteiger partial charge in [-0.1, -0.05) is 23.7 Å². The first kappa shape index (κ1) is 20.4. The lowest BCUT2D eigenvalue weighted by atomic mass is 10.2. The van der Waals surface area contributed by atoms with E-state index in [1.807, 2.05) is 31.2 Å². The molecule has 1 aromatic carbocycles. The van der Waals surface area contributed by atoms with E-state index in [0.29, 0.717) is 50.1 Å². The Balaban J connectivity index is 1.65. The summed E-state index contributed by atoms with van der Waals surface area (Å²) in [6.07, 6.45) is 1.52. The number of carbonyl (C=O) groups excluding carboxylic acids is 2. The van der Waals surface area contributed by atoms with Gasteiger partial charge in [-0.15, -0.1) is 0 Å². The fourth-order valence-electron chi connectivity index (χ4n) is 3.12. The molecule has 0 atom stereocenters. The largest absolute Gasteiger partial charge is 0.382 e. The van der Waals surface area contributed by atoms with E-state index in [4.69, 9.17) is 16.3 Å². The van der Waals surface area contributed by atoms with Gasteiger partial charge in [0, 0.05) is 50.5 Å². The number of benzene rings is 1. The third kappa shape index (κ3) is 5.11. The fourth-order valence-corrected chi connectivity index (χ4v) is 3.24. The van der Waals surface area contributed by atoms with Crippen LogP contribution in [0.25, 0.3) is 0 Å². The minimum atomic E-state index is -0.269. The molecule has 0 saturated carbocycles. The third-order valence-corrected chi connectivity index (χ3v) is 4.81. The van der Waals surface area contributed by atoms with E-state index in [9.17, 15) is 9.59 Å². The number of aryl methyl sites for hydroxylation is 1. The Kier molecular flexibility index (Phi) is 7.06. The summed E-state index contributed by atoms with van der Waals surface area (Å²) in [5.74, 6) is -0.385. The molecule has 0 bridgehead atoms. The SMILES string of the molecule is CCOCCCNC(=O)c1cc2n(n1)CCCN(Cc1ccc(Cl)cc1)C2=O. The molecule has 1 N–H and O–H groups in total. The first-order valence-electron chi connectivity index (χ1n) is 9.56.